The van der Waals surface area contributed by atoms with Crippen LogP contribution in [0.15, 0.2) is 170 Å². The smallest absolute Gasteiger partial charge is 0.160 e. The van der Waals surface area contributed by atoms with Crippen LogP contribution in [-0.2, 0) is 5.41 Å². The molecule has 49 heavy (non-hydrogen) atoms. The maximum atomic E-state index is 5.09. The molecule has 0 saturated carbocycles. The highest BCUT2D eigenvalue weighted by Gasteiger charge is 2.37. The van der Waals surface area contributed by atoms with Crippen molar-refractivity contribution in [2.24, 2.45) is 0 Å². The van der Waals surface area contributed by atoms with Crippen molar-refractivity contribution in [1.29, 1.82) is 0 Å². The summed E-state index contributed by atoms with van der Waals surface area (Å²) in [4.78, 5) is 10.1. The summed E-state index contributed by atoms with van der Waals surface area (Å²) < 4.78 is 0. The molecule has 0 saturated heterocycles. The van der Waals surface area contributed by atoms with E-state index >= 15 is 0 Å². The molecule has 0 N–H and O–H groups in total. The molecule has 1 aliphatic carbocycles. The van der Waals surface area contributed by atoms with E-state index in [2.05, 4.69) is 159 Å². The normalized spacial score (nSPS) is 12.9. The van der Waals surface area contributed by atoms with Gasteiger partial charge in [-0.15, -0.1) is 0 Å². The van der Waals surface area contributed by atoms with Gasteiger partial charge in [-0.2, -0.15) is 0 Å². The molecule has 0 amide bonds. The third-order valence-corrected chi connectivity index (χ3v) is 10.1. The molecule has 7 aromatic carbocycles. The van der Waals surface area contributed by atoms with E-state index < -0.39 is 0 Å². The number of hydrogen-bond donors (Lipinski definition) is 0. The fourth-order valence-electron chi connectivity index (χ4n) is 7.46. The second-order valence-electron chi connectivity index (χ2n) is 13.4. The van der Waals surface area contributed by atoms with Gasteiger partial charge in [0.25, 0.3) is 0 Å². The standard InChI is InChI=1S/C47H34N2/c1-47(2)41-19-11-18-39(45(41)40-28-37-16-9-10-17-38(37)29-42(40)47)33-22-26-35(27-23-33)44-30-43(48-46(49-44)36-14-7-4-8-15-36)34-24-20-32(21-25-34)31-12-5-3-6-13-31/h3-30H,1-2H3. The van der Waals surface area contributed by atoms with E-state index in [9.17, 15) is 0 Å². The van der Waals surface area contributed by atoms with Crippen LogP contribution in [0.1, 0.15) is 25.0 Å². The van der Waals surface area contributed by atoms with Crippen molar-refractivity contribution in [2.45, 2.75) is 19.3 Å². The topological polar surface area (TPSA) is 25.8 Å². The summed E-state index contributed by atoms with van der Waals surface area (Å²) in [5.41, 5.74) is 15.1. The van der Waals surface area contributed by atoms with Gasteiger partial charge in [0.1, 0.15) is 0 Å². The van der Waals surface area contributed by atoms with Crippen molar-refractivity contribution in [3.63, 3.8) is 0 Å². The molecule has 2 heteroatoms. The second kappa shape index (κ2) is 11.5. The predicted octanol–water partition coefficient (Wildman–Crippen LogP) is 12.3. The van der Waals surface area contributed by atoms with Gasteiger partial charge in [0.2, 0.25) is 0 Å². The lowest BCUT2D eigenvalue weighted by Crippen LogP contribution is -2.14. The zero-order chi connectivity index (χ0) is 33.0. The van der Waals surface area contributed by atoms with Crippen LogP contribution in [0.4, 0.5) is 0 Å². The van der Waals surface area contributed by atoms with Crippen LogP contribution in [0.2, 0.25) is 0 Å². The van der Waals surface area contributed by atoms with E-state index in [0.29, 0.717) is 0 Å². The molecule has 9 rings (SSSR count). The van der Waals surface area contributed by atoms with Crippen molar-refractivity contribution in [3.8, 4) is 67.3 Å². The van der Waals surface area contributed by atoms with E-state index in [0.717, 1.165) is 33.9 Å². The van der Waals surface area contributed by atoms with Crippen LogP contribution in [0.25, 0.3) is 78.1 Å². The van der Waals surface area contributed by atoms with Gasteiger partial charge in [-0.05, 0) is 73.5 Å². The SMILES string of the molecule is CC1(C)c2cc3ccccc3cc2-c2c(-c3ccc(-c4cc(-c5ccc(-c6ccccc6)cc5)nc(-c5ccccc5)n4)cc3)cccc21. The number of nitrogens with zero attached hydrogens (tertiary/aromatic N) is 2. The third-order valence-electron chi connectivity index (χ3n) is 10.1. The summed E-state index contributed by atoms with van der Waals surface area (Å²) in [6.07, 6.45) is 0. The molecule has 0 radical (unpaired) electrons. The lowest BCUT2D eigenvalue weighted by atomic mass is 9.81. The molecule has 232 valence electrons. The minimum absolute atomic E-state index is 0.0743. The van der Waals surface area contributed by atoms with Crippen molar-refractivity contribution in [2.75, 3.05) is 0 Å². The Hall–Kier alpha value is -6.12. The van der Waals surface area contributed by atoms with Crippen LogP contribution in [-0.4, -0.2) is 9.97 Å². The highest BCUT2D eigenvalue weighted by Crippen LogP contribution is 2.53. The first kappa shape index (κ1) is 29.1. The van der Waals surface area contributed by atoms with E-state index in [1.54, 1.807) is 0 Å². The summed E-state index contributed by atoms with van der Waals surface area (Å²) in [5, 5.41) is 2.57. The monoisotopic (exact) mass is 626 g/mol. The summed E-state index contributed by atoms with van der Waals surface area (Å²) in [5.74, 6) is 0.719. The summed E-state index contributed by atoms with van der Waals surface area (Å²) in [6.45, 7) is 4.71. The summed E-state index contributed by atoms with van der Waals surface area (Å²) >= 11 is 0. The molecule has 0 bridgehead atoms. The molecule has 0 unspecified atom stereocenters. The van der Waals surface area contributed by atoms with Gasteiger partial charge in [-0.25, -0.2) is 9.97 Å². The van der Waals surface area contributed by atoms with Gasteiger partial charge in [0.15, 0.2) is 5.82 Å². The highest BCUT2D eigenvalue weighted by atomic mass is 14.9. The Morgan fingerprint density at radius 2 is 0.878 bits per heavy atom. The van der Waals surface area contributed by atoms with Gasteiger partial charge in [0, 0.05) is 22.1 Å². The molecule has 1 aromatic heterocycles. The first-order valence-corrected chi connectivity index (χ1v) is 16.9. The van der Waals surface area contributed by atoms with Gasteiger partial charge in [0.05, 0.1) is 11.4 Å². The summed E-state index contributed by atoms with van der Waals surface area (Å²) in [6, 6.07) is 60.6. The number of fused-ring (bicyclic) bond motifs is 4. The number of rotatable bonds is 5. The Morgan fingerprint density at radius 1 is 0.367 bits per heavy atom. The Labute approximate surface area is 287 Å². The third kappa shape index (κ3) is 5.05. The first-order valence-electron chi connectivity index (χ1n) is 16.9. The van der Waals surface area contributed by atoms with Crippen LogP contribution < -0.4 is 0 Å². The lowest BCUT2D eigenvalue weighted by Gasteiger charge is -2.22. The Kier molecular flexibility index (Phi) is 6.84. The molecular formula is C47H34N2. The van der Waals surface area contributed by atoms with Crippen LogP contribution in [0, 0.1) is 0 Å². The molecule has 2 nitrogen and oxygen atoms in total. The lowest BCUT2D eigenvalue weighted by molar-refractivity contribution is 0.661. The fraction of sp³-hybridized carbons (Fsp3) is 0.0638. The van der Waals surface area contributed by atoms with Crippen LogP contribution >= 0.6 is 0 Å². The minimum Gasteiger partial charge on any atom is -0.228 e. The Balaban J connectivity index is 1.12. The Bertz CT molecular complexity index is 2480. The van der Waals surface area contributed by atoms with Crippen molar-refractivity contribution < 1.29 is 0 Å². The molecule has 0 aliphatic heterocycles. The molecule has 0 spiro atoms. The maximum Gasteiger partial charge on any atom is 0.160 e. The number of benzene rings is 7. The number of hydrogen-bond acceptors (Lipinski definition) is 2. The maximum absolute atomic E-state index is 5.09. The van der Waals surface area contributed by atoms with E-state index in [1.807, 2.05) is 24.3 Å². The molecule has 8 aromatic rings. The van der Waals surface area contributed by atoms with Crippen molar-refractivity contribution in [1.82, 2.24) is 9.97 Å². The molecular weight excluding hydrogens is 593 g/mol. The molecule has 1 aliphatic rings. The van der Waals surface area contributed by atoms with Gasteiger partial charge < -0.3 is 0 Å². The van der Waals surface area contributed by atoms with Crippen molar-refractivity contribution in [3.05, 3.63) is 181 Å². The highest BCUT2D eigenvalue weighted by molar-refractivity contribution is 5.98. The minimum atomic E-state index is -0.0743. The molecule has 0 fully saturated rings. The van der Waals surface area contributed by atoms with Crippen LogP contribution in [0.3, 0.4) is 0 Å². The molecule has 1 heterocycles. The average Bonchev–Trinajstić information content (AvgIpc) is 3.39. The largest absolute Gasteiger partial charge is 0.228 e. The van der Waals surface area contributed by atoms with E-state index in [-0.39, 0.29) is 5.41 Å². The van der Waals surface area contributed by atoms with Crippen molar-refractivity contribution >= 4 is 10.8 Å². The van der Waals surface area contributed by atoms with Gasteiger partial charge in [-0.1, -0.05) is 166 Å². The quantitative estimate of drug-likeness (QED) is 0.190. The fourth-order valence-corrected chi connectivity index (χ4v) is 7.46. The number of aromatic nitrogens is 2. The first-order chi connectivity index (χ1) is 24.0. The van der Waals surface area contributed by atoms with Gasteiger partial charge >= 0.3 is 0 Å². The van der Waals surface area contributed by atoms with E-state index in [1.165, 1.54) is 55.3 Å². The second-order valence-corrected chi connectivity index (χ2v) is 13.4. The summed E-state index contributed by atoms with van der Waals surface area (Å²) in [7, 11) is 0. The van der Waals surface area contributed by atoms with Crippen LogP contribution in [0.5, 0.6) is 0 Å². The zero-order valence-electron chi connectivity index (χ0n) is 27.6. The van der Waals surface area contributed by atoms with E-state index in [4.69, 9.17) is 9.97 Å². The zero-order valence-corrected chi connectivity index (χ0v) is 27.6. The average molecular weight is 627 g/mol. The predicted molar refractivity (Wildman–Crippen MR) is 204 cm³/mol. The molecule has 0 atom stereocenters. The Morgan fingerprint density at radius 3 is 1.51 bits per heavy atom. The van der Waals surface area contributed by atoms with Gasteiger partial charge in [-0.3, -0.25) is 0 Å².